The summed E-state index contributed by atoms with van der Waals surface area (Å²) in [6, 6.07) is 8.49. The second kappa shape index (κ2) is 5.99. The van der Waals surface area contributed by atoms with Gasteiger partial charge in [0.2, 0.25) is 0 Å². The van der Waals surface area contributed by atoms with Crippen LogP contribution in [-0.4, -0.2) is 9.97 Å². The van der Waals surface area contributed by atoms with E-state index in [0.29, 0.717) is 0 Å². The summed E-state index contributed by atoms with van der Waals surface area (Å²) >= 11 is 0. The average Bonchev–Trinajstić information content (AvgIpc) is 2.37. The van der Waals surface area contributed by atoms with Crippen LogP contribution in [0.15, 0.2) is 30.3 Å². The number of halogens is 1. The van der Waals surface area contributed by atoms with Gasteiger partial charge in [-0.2, -0.15) is 0 Å². The topological polar surface area (TPSA) is 37.8 Å². The van der Waals surface area contributed by atoms with Crippen molar-refractivity contribution in [2.45, 2.75) is 39.7 Å². The fourth-order valence-electron chi connectivity index (χ4n) is 2.00. The van der Waals surface area contributed by atoms with Crippen molar-refractivity contribution in [2.75, 3.05) is 5.32 Å². The van der Waals surface area contributed by atoms with E-state index >= 15 is 0 Å². The molecule has 1 atom stereocenters. The lowest BCUT2D eigenvalue weighted by Crippen LogP contribution is -2.10. The Hall–Kier alpha value is -1.97. The first-order valence-corrected chi connectivity index (χ1v) is 6.83. The first kappa shape index (κ1) is 14.4. The molecule has 0 fully saturated rings. The molecule has 0 amide bonds. The fraction of sp³-hybridized carbons (Fsp3) is 0.375. The van der Waals surface area contributed by atoms with Crippen LogP contribution in [0.5, 0.6) is 0 Å². The Labute approximate surface area is 119 Å². The molecule has 4 heteroatoms. The predicted molar refractivity (Wildman–Crippen MR) is 79.3 cm³/mol. The van der Waals surface area contributed by atoms with E-state index in [2.05, 4.69) is 29.1 Å². The molecule has 0 aliphatic rings. The minimum atomic E-state index is -0.224. The molecule has 0 aliphatic carbocycles. The number of aryl methyl sites for hydroxylation is 1. The Bertz CT molecular complexity index is 596. The second-order valence-corrected chi connectivity index (χ2v) is 5.33. The van der Waals surface area contributed by atoms with Crippen molar-refractivity contribution < 1.29 is 4.39 Å². The van der Waals surface area contributed by atoms with E-state index in [1.54, 1.807) is 6.07 Å². The van der Waals surface area contributed by atoms with Gasteiger partial charge in [-0.3, -0.25) is 0 Å². The van der Waals surface area contributed by atoms with Crippen molar-refractivity contribution in [3.05, 3.63) is 53.2 Å². The third-order valence-electron chi connectivity index (χ3n) is 3.10. The molecule has 106 valence electrons. The van der Waals surface area contributed by atoms with Crippen molar-refractivity contribution in [1.82, 2.24) is 9.97 Å². The molecular formula is C16H20FN3. The third kappa shape index (κ3) is 3.53. The van der Waals surface area contributed by atoms with Crippen molar-refractivity contribution in [3.8, 4) is 0 Å². The monoisotopic (exact) mass is 273 g/mol. The number of rotatable bonds is 4. The van der Waals surface area contributed by atoms with Crippen LogP contribution in [0.25, 0.3) is 0 Å². The first-order valence-electron chi connectivity index (χ1n) is 6.83. The average molecular weight is 273 g/mol. The maximum absolute atomic E-state index is 13.2. The molecule has 1 N–H and O–H groups in total. The molecule has 0 saturated heterocycles. The van der Waals surface area contributed by atoms with Gasteiger partial charge < -0.3 is 5.32 Å². The molecule has 20 heavy (non-hydrogen) atoms. The summed E-state index contributed by atoms with van der Waals surface area (Å²) in [5.41, 5.74) is 1.82. The molecule has 0 bridgehead atoms. The van der Waals surface area contributed by atoms with Crippen LogP contribution in [0.1, 0.15) is 49.8 Å². The normalized spacial score (nSPS) is 12.5. The van der Waals surface area contributed by atoms with Gasteiger partial charge in [-0.25, -0.2) is 14.4 Å². The Balaban J connectivity index is 2.21. The van der Waals surface area contributed by atoms with Crippen LogP contribution in [0.3, 0.4) is 0 Å². The Morgan fingerprint density at radius 2 is 1.85 bits per heavy atom. The number of hydrogen-bond acceptors (Lipinski definition) is 3. The van der Waals surface area contributed by atoms with Gasteiger partial charge >= 0.3 is 0 Å². The van der Waals surface area contributed by atoms with Gasteiger partial charge in [0, 0.05) is 17.7 Å². The van der Waals surface area contributed by atoms with Crippen molar-refractivity contribution in [1.29, 1.82) is 0 Å². The zero-order valence-electron chi connectivity index (χ0n) is 12.3. The maximum atomic E-state index is 13.2. The van der Waals surface area contributed by atoms with E-state index in [-0.39, 0.29) is 17.8 Å². The van der Waals surface area contributed by atoms with E-state index in [1.165, 1.54) is 12.1 Å². The molecule has 0 spiro atoms. The van der Waals surface area contributed by atoms with E-state index in [9.17, 15) is 4.39 Å². The van der Waals surface area contributed by atoms with E-state index in [1.807, 2.05) is 26.0 Å². The minimum Gasteiger partial charge on any atom is -0.363 e. The molecule has 2 rings (SSSR count). The smallest absolute Gasteiger partial charge is 0.133 e. The van der Waals surface area contributed by atoms with E-state index < -0.39 is 0 Å². The van der Waals surface area contributed by atoms with Crippen LogP contribution < -0.4 is 5.32 Å². The van der Waals surface area contributed by atoms with Gasteiger partial charge in [0.25, 0.3) is 0 Å². The summed E-state index contributed by atoms with van der Waals surface area (Å²) in [6.07, 6.45) is 0. The zero-order chi connectivity index (χ0) is 14.7. The molecule has 2 aromatic rings. The predicted octanol–water partition coefficient (Wildman–Crippen LogP) is 4.22. The van der Waals surface area contributed by atoms with Crippen LogP contribution >= 0.6 is 0 Å². The molecule has 0 radical (unpaired) electrons. The summed E-state index contributed by atoms with van der Waals surface area (Å²) in [7, 11) is 0. The van der Waals surface area contributed by atoms with Crippen LogP contribution in [0, 0.1) is 12.7 Å². The van der Waals surface area contributed by atoms with Gasteiger partial charge in [0.15, 0.2) is 0 Å². The maximum Gasteiger partial charge on any atom is 0.133 e. The fourth-order valence-corrected chi connectivity index (χ4v) is 2.00. The largest absolute Gasteiger partial charge is 0.363 e. The quantitative estimate of drug-likeness (QED) is 0.906. The standard InChI is InChI=1S/C16H20FN3/c1-10(2)16-18-11(3)8-15(20-16)19-12(4)13-6-5-7-14(17)9-13/h5-10,12H,1-4H3,(H,18,19,20). The number of nitrogens with zero attached hydrogens (tertiary/aromatic N) is 2. The number of hydrogen-bond donors (Lipinski definition) is 1. The molecule has 1 aromatic carbocycles. The van der Waals surface area contributed by atoms with Gasteiger partial charge in [0.05, 0.1) is 6.04 Å². The Morgan fingerprint density at radius 1 is 1.10 bits per heavy atom. The van der Waals surface area contributed by atoms with Gasteiger partial charge in [-0.1, -0.05) is 26.0 Å². The van der Waals surface area contributed by atoms with E-state index in [0.717, 1.165) is 22.9 Å². The number of aromatic nitrogens is 2. The number of benzene rings is 1. The van der Waals surface area contributed by atoms with Crippen LogP contribution in [0.4, 0.5) is 10.2 Å². The highest BCUT2D eigenvalue weighted by Gasteiger charge is 2.10. The zero-order valence-corrected chi connectivity index (χ0v) is 12.3. The Morgan fingerprint density at radius 3 is 2.50 bits per heavy atom. The van der Waals surface area contributed by atoms with Crippen LogP contribution in [0.2, 0.25) is 0 Å². The summed E-state index contributed by atoms with van der Waals surface area (Å²) in [5, 5.41) is 3.30. The summed E-state index contributed by atoms with van der Waals surface area (Å²) in [5.74, 6) is 1.65. The number of anilines is 1. The molecule has 1 heterocycles. The summed E-state index contributed by atoms with van der Waals surface area (Å²) < 4.78 is 13.2. The highest BCUT2D eigenvalue weighted by Crippen LogP contribution is 2.20. The van der Waals surface area contributed by atoms with Crippen molar-refractivity contribution >= 4 is 5.82 Å². The van der Waals surface area contributed by atoms with Crippen LogP contribution in [-0.2, 0) is 0 Å². The lowest BCUT2D eigenvalue weighted by molar-refractivity contribution is 0.623. The summed E-state index contributed by atoms with van der Waals surface area (Å²) in [4.78, 5) is 8.92. The van der Waals surface area contributed by atoms with Crippen molar-refractivity contribution in [3.63, 3.8) is 0 Å². The minimum absolute atomic E-state index is 0.0139. The van der Waals surface area contributed by atoms with Gasteiger partial charge in [-0.15, -0.1) is 0 Å². The molecule has 1 aromatic heterocycles. The van der Waals surface area contributed by atoms with Gasteiger partial charge in [-0.05, 0) is 31.5 Å². The third-order valence-corrected chi connectivity index (χ3v) is 3.10. The molecule has 1 unspecified atom stereocenters. The molecule has 3 nitrogen and oxygen atoms in total. The Kier molecular flexibility index (Phi) is 4.32. The highest BCUT2D eigenvalue weighted by molar-refractivity contribution is 5.39. The van der Waals surface area contributed by atoms with E-state index in [4.69, 9.17) is 0 Å². The summed E-state index contributed by atoms with van der Waals surface area (Å²) in [6.45, 7) is 8.07. The van der Waals surface area contributed by atoms with Gasteiger partial charge in [0.1, 0.15) is 17.5 Å². The second-order valence-electron chi connectivity index (χ2n) is 5.33. The number of nitrogens with one attached hydrogen (secondary N) is 1. The SMILES string of the molecule is Cc1cc(NC(C)c2cccc(F)c2)nc(C(C)C)n1. The lowest BCUT2D eigenvalue weighted by Gasteiger charge is -2.16. The van der Waals surface area contributed by atoms with Crippen molar-refractivity contribution in [2.24, 2.45) is 0 Å². The highest BCUT2D eigenvalue weighted by atomic mass is 19.1. The molecule has 0 aliphatic heterocycles. The molecular weight excluding hydrogens is 253 g/mol. The lowest BCUT2D eigenvalue weighted by atomic mass is 10.1. The molecule has 0 saturated carbocycles. The first-order chi connectivity index (χ1) is 9.45.